The zero-order valence-corrected chi connectivity index (χ0v) is 12.2. The summed E-state index contributed by atoms with van der Waals surface area (Å²) in [4.78, 5) is 10.7. The number of rotatable bonds is 2. The Morgan fingerprint density at radius 2 is 1.95 bits per heavy atom. The quantitative estimate of drug-likeness (QED) is 0.768. The van der Waals surface area contributed by atoms with E-state index in [0.717, 1.165) is 16.6 Å². The van der Waals surface area contributed by atoms with Crippen molar-refractivity contribution >= 4 is 22.2 Å². The summed E-state index contributed by atoms with van der Waals surface area (Å²) in [6, 6.07) is 3.51. The molecule has 1 aromatic carbocycles. The van der Waals surface area contributed by atoms with Crippen LogP contribution >= 0.6 is 15.9 Å². The third-order valence-electron chi connectivity index (χ3n) is 2.92. The van der Waals surface area contributed by atoms with Gasteiger partial charge in [-0.15, -0.1) is 0 Å². The molecule has 0 aliphatic rings. The zero-order chi connectivity index (χ0) is 15.1. The second-order valence-corrected chi connectivity index (χ2v) is 5.08. The Morgan fingerprint density at radius 3 is 2.40 bits per heavy atom. The van der Waals surface area contributed by atoms with Crippen LogP contribution in [0.2, 0.25) is 0 Å². The lowest BCUT2D eigenvalue weighted by Crippen LogP contribution is -2.11. The third kappa shape index (κ3) is 2.49. The van der Waals surface area contributed by atoms with Gasteiger partial charge in [-0.05, 0) is 48.0 Å². The molecule has 0 amide bonds. The Labute approximate surface area is 121 Å². The molecular formula is C13H10BrF3N2O. The van der Waals surface area contributed by atoms with Crippen LogP contribution < -0.4 is 0 Å². The minimum atomic E-state index is -4.58. The molecule has 0 aliphatic heterocycles. The molecule has 0 saturated carbocycles. The zero-order valence-electron chi connectivity index (χ0n) is 10.6. The molecule has 0 saturated heterocycles. The van der Waals surface area contributed by atoms with E-state index in [9.17, 15) is 18.0 Å². The second kappa shape index (κ2) is 5.05. The maximum Gasteiger partial charge on any atom is 0.417 e. The van der Waals surface area contributed by atoms with E-state index in [1.165, 1.54) is 10.7 Å². The lowest BCUT2D eigenvalue weighted by Gasteiger charge is -2.12. The van der Waals surface area contributed by atoms with Crippen LogP contribution in [-0.4, -0.2) is 16.1 Å². The lowest BCUT2D eigenvalue weighted by atomic mass is 10.1. The van der Waals surface area contributed by atoms with Gasteiger partial charge in [0.05, 0.1) is 27.1 Å². The highest BCUT2D eigenvalue weighted by atomic mass is 79.9. The number of aldehydes is 1. The van der Waals surface area contributed by atoms with E-state index in [2.05, 4.69) is 21.0 Å². The van der Waals surface area contributed by atoms with Gasteiger partial charge in [-0.25, -0.2) is 4.68 Å². The molecule has 0 aliphatic carbocycles. The van der Waals surface area contributed by atoms with Crippen molar-refractivity contribution in [1.29, 1.82) is 0 Å². The van der Waals surface area contributed by atoms with Crippen LogP contribution in [-0.2, 0) is 6.18 Å². The normalized spacial score (nSPS) is 11.7. The SMILES string of the molecule is Cc1nn(-c2ccc(C=O)c(C(F)(F)F)c2)c(C)c1Br. The average Bonchev–Trinajstić information content (AvgIpc) is 2.65. The molecule has 3 nitrogen and oxygen atoms in total. The van der Waals surface area contributed by atoms with Crippen LogP contribution in [0.3, 0.4) is 0 Å². The molecule has 0 fully saturated rings. The summed E-state index contributed by atoms with van der Waals surface area (Å²) < 4.78 is 40.9. The molecule has 0 unspecified atom stereocenters. The van der Waals surface area contributed by atoms with Crippen LogP contribution in [0.15, 0.2) is 22.7 Å². The molecular weight excluding hydrogens is 337 g/mol. The first kappa shape index (κ1) is 14.8. The lowest BCUT2D eigenvalue weighted by molar-refractivity contribution is -0.137. The number of carbonyl (C=O) groups excluding carboxylic acids is 1. The smallest absolute Gasteiger partial charge is 0.298 e. The Balaban J connectivity index is 2.65. The molecule has 0 bridgehead atoms. The monoisotopic (exact) mass is 346 g/mol. The average molecular weight is 347 g/mol. The number of hydrogen-bond donors (Lipinski definition) is 0. The molecule has 2 rings (SSSR count). The van der Waals surface area contributed by atoms with Gasteiger partial charge < -0.3 is 0 Å². The van der Waals surface area contributed by atoms with Crippen LogP contribution in [0, 0.1) is 13.8 Å². The molecule has 20 heavy (non-hydrogen) atoms. The molecule has 1 heterocycles. The number of benzene rings is 1. The highest BCUT2D eigenvalue weighted by Gasteiger charge is 2.33. The maximum atomic E-state index is 12.9. The van der Waals surface area contributed by atoms with Crippen molar-refractivity contribution in [2.24, 2.45) is 0 Å². The van der Waals surface area contributed by atoms with E-state index in [-0.39, 0.29) is 17.5 Å². The Hall–Kier alpha value is -1.63. The van der Waals surface area contributed by atoms with E-state index >= 15 is 0 Å². The number of carbonyl (C=O) groups is 1. The molecule has 7 heteroatoms. The van der Waals surface area contributed by atoms with E-state index in [0.29, 0.717) is 11.4 Å². The van der Waals surface area contributed by atoms with E-state index in [1.54, 1.807) is 13.8 Å². The largest absolute Gasteiger partial charge is 0.417 e. The second-order valence-electron chi connectivity index (χ2n) is 4.28. The van der Waals surface area contributed by atoms with Crippen LogP contribution in [0.25, 0.3) is 5.69 Å². The van der Waals surface area contributed by atoms with Crippen molar-refractivity contribution in [1.82, 2.24) is 9.78 Å². The number of hydrogen-bond acceptors (Lipinski definition) is 2. The molecule has 2 aromatic rings. The van der Waals surface area contributed by atoms with Crippen molar-refractivity contribution < 1.29 is 18.0 Å². The fourth-order valence-corrected chi connectivity index (χ4v) is 2.15. The minimum absolute atomic E-state index is 0.198. The Bertz CT molecular complexity index is 677. The summed E-state index contributed by atoms with van der Waals surface area (Å²) in [6.45, 7) is 3.49. The van der Waals surface area contributed by atoms with Gasteiger partial charge in [0.1, 0.15) is 0 Å². The maximum absolute atomic E-state index is 12.9. The molecule has 1 aromatic heterocycles. The first-order valence-corrected chi connectivity index (χ1v) is 6.43. The van der Waals surface area contributed by atoms with Crippen molar-refractivity contribution in [2.75, 3.05) is 0 Å². The standard InChI is InChI=1S/C13H10BrF3N2O/c1-7-12(14)8(2)19(18-7)10-4-3-9(6-20)11(5-10)13(15,16)17/h3-6H,1-2H3. The van der Waals surface area contributed by atoms with Crippen molar-refractivity contribution in [2.45, 2.75) is 20.0 Å². The van der Waals surface area contributed by atoms with Gasteiger partial charge in [-0.2, -0.15) is 18.3 Å². The van der Waals surface area contributed by atoms with E-state index in [4.69, 9.17) is 0 Å². The predicted octanol–water partition coefficient (Wildman–Crippen LogP) is 4.08. The van der Waals surface area contributed by atoms with Gasteiger partial charge in [0.15, 0.2) is 6.29 Å². The summed E-state index contributed by atoms with van der Waals surface area (Å²) in [5, 5.41) is 4.17. The minimum Gasteiger partial charge on any atom is -0.298 e. The molecule has 0 N–H and O–H groups in total. The van der Waals surface area contributed by atoms with Crippen molar-refractivity contribution in [3.8, 4) is 5.69 Å². The Morgan fingerprint density at radius 1 is 1.30 bits per heavy atom. The van der Waals surface area contributed by atoms with Crippen LogP contribution in [0.1, 0.15) is 27.3 Å². The number of nitrogens with zero attached hydrogens (tertiary/aromatic N) is 2. The summed E-state index contributed by atoms with van der Waals surface area (Å²) >= 11 is 3.32. The summed E-state index contributed by atoms with van der Waals surface area (Å²) in [6.07, 6.45) is -4.39. The molecule has 0 spiro atoms. The summed E-state index contributed by atoms with van der Waals surface area (Å²) in [7, 11) is 0. The van der Waals surface area contributed by atoms with Crippen LogP contribution in [0.4, 0.5) is 13.2 Å². The highest BCUT2D eigenvalue weighted by molar-refractivity contribution is 9.10. The number of aromatic nitrogens is 2. The fraction of sp³-hybridized carbons (Fsp3) is 0.231. The van der Waals surface area contributed by atoms with Crippen molar-refractivity contribution in [3.05, 3.63) is 45.2 Å². The van der Waals surface area contributed by atoms with E-state index in [1.807, 2.05) is 0 Å². The summed E-state index contributed by atoms with van der Waals surface area (Å²) in [5.41, 5.74) is 0.273. The van der Waals surface area contributed by atoms with Gasteiger partial charge in [0.2, 0.25) is 0 Å². The number of aryl methyl sites for hydroxylation is 1. The number of halogens is 4. The van der Waals surface area contributed by atoms with Gasteiger partial charge >= 0.3 is 6.18 Å². The van der Waals surface area contributed by atoms with Gasteiger partial charge in [-0.1, -0.05) is 0 Å². The van der Waals surface area contributed by atoms with Gasteiger partial charge in [-0.3, -0.25) is 4.79 Å². The fourth-order valence-electron chi connectivity index (χ4n) is 1.90. The highest BCUT2D eigenvalue weighted by Crippen LogP contribution is 2.33. The topological polar surface area (TPSA) is 34.9 Å². The van der Waals surface area contributed by atoms with Crippen LogP contribution in [0.5, 0.6) is 0 Å². The third-order valence-corrected chi connectivity index (χ3v) is 4.06. The van der Waals surface area contributed by atoms with Gasteiger partial charge in [0, 0.05) is 5.56 Å². The Kier molecular flexibility index (Phi) is 3.73. The molecule has 0 radical (unpaired) electrons. The first-order valence-electron chi connectivity index (χ1n) is 5.64. The van der Waals surface area contributed by atoms with Crippen molar-refractivity contribution in [3.63, 3.8) is 0 Å². The molecule has 0 atom stereocenters. The van der Waals surface area contributed by atoms with E-state index < -0.39 is 11.7 Å². The van der Waals surface area contributed by atoms with Gasteiger partial charge in [0.25, 0.3) is 0 Å². The predicted molar refractivity (Wildman–Crippen MR) is 71.1 cm³/mol. The molecule has 106 valence electrons. The number of alkyl halides is 3. The summed E-state index contributed by atoms with van der Waals surface area (Å²) in [5.74, 6) is 0. The first-order chi connectivity index (χ1) is 9.25.